The molecule has 2 aromatic rings. The summed E-state index contributed by atoms with van der Waals surface area (Å²) in [6, 6.07) is 13.2. The number of methoxy groups -OCH3 is 1. The van der Waals surface area contributed by atoms with Gasteiger partial charge in [-0.25, -0.2) is 0 Å². The molecule has 0 aliphatic carbocycles. The molecule has 2 nitrogen and oxygen atoms in total. The third kappa shape index (κ3) is 3.64. The maximum Gasteiger partial charge on any atom is 0.119 e. The molecule has 2 heteroatoms. The van der Waals surface area contributed by atoms with Gasteiger partial charge in [-0.3, -0.25) is 0 Å². The maximum atomic E-state index is 5.32. The normalized spacial score (nSPS) is 12.2. The Morgan fingerprint density at radius 2 is 1.71 bits per heavy atom. The van der Waals surface area contributed by atoms with Gasteiger partial charge in [0.15, 0.2) is 0 Å². The van der Waals surface area contributed by atoms with Crippen LogP contribution in [0.2, 0.25) is 0 Å². The molecule has 0 radical (unpaired) electrons. The zero-order chi connectivity index (χ0) is 15.4. The molecule has 0 aromatic heterocycles. The molecule has 1 atom stereocenters. The van der Waals surface area contributed by atoms with Gasteiger partial charge in [0, 0.05) is 6.04 Å². The summed E-state index contributed by atoms with van der Waals surface area (Å²) in [7, 11) is 3.74. The fraction of sp³-hybridized carbons (Fsp3) is 0.368. The molecule has 112 valence electrons. The first-order chi connectivity index (χ1) is 10.0. The Hall–Kier alpha value is -1.80. The van der Waals surface area contributed by atoms with Gasteiger partial charge in [0.2, 0.25) is 0 Å². The minimum atomic E-state index is 0.317. The first kappa shape index (κ1) is 15.6. The second kappa shape index (κ2) is 6.77. The van der Waals surface area contributed by atoms with Gasteiger partial charge < -0.3 is 10.1 Å². The third-order valence-electron chi connectivity index (χ3n) is 4.01. The van der Waals surface area contributed by atoms with Crippen molar-refractivity contribution in [2.24, 2.45) is 0 Å². The predicted octanol–water partition coefficient (Wildman–Crippen LogP) is 4.12. The average molecular weight is 283 g/mol. The molecule has 0 bridgehead atoms. The topological polar surface area (TPSA) is 21.3 Å². The summed E-state index contributed by atoms with van der Waals surface area (Å²) in [4.78, 5) is 0. The van der Waals surface area contributed by atoms with Crippen LogP contribution in [0.25, 0.3) is 0 Å². The van der Waals surface area contributed by atoms with E-state index in [-0.39, 0.29) is 0 Å². The van der Waals surface area contributed by atoms with E-state index in [0.717, 1.165) is 12.2 Å². The minimum absolute atomic E-state index is 0.317. The quantitative estimate of drug-likeness (QED) is 0.891. The van der Waals surface area contributed by atoms with E-state index in [2.05, 4.69) is 56.4 Å². The Kier molecular flexibility index (Phi) is 5.03. The van der Waals surface area contributed by atoms with E-state index in [9.17, 15) is 0 Å². The third-order valence-corrected chi connectivity index (χ3v) is 4.01. The maximum absolute atomic E-state index is 5.32. The van der Waals surface area contributed by atoms with Gasteiger partial charge in [-0.2, -0.15) is 0 Å². The minimum Gasteiger partial charge on any atom is -0.497 e. The molecule has 0 heterocycles. The molecule has 0 aliphatic rings. The van der Waals surface area contributed by atoms with Crippen LogP contribution in [-0.4, -0.2) is 14.2 Å². The van der Waals surface area contributed by atoms with Crippen molar-refractivity contribution in [1.82, 2.24) is 5.32 Å². The molecule has 0 spiro atoms. The first-order valence-electron chi connectivity index (χ1n) is 7.43. The Bertz CT molecular complexity index is 596. The highest BCUT2D eigenvalue weighted by atomic mass is 16.5. The molecule has 0 amide bonds. The summed E-state index contributed by atoms with van der Waals surface area (Å²) in [5, 5.41) is 3.46. The predicted molar refractivity (Wildman–Crippen MR) is 89.2 cm³/mol. The van der Waals surface area contributed by atoms with Crippen LogP contribution in [-0.2, 0) is 6.42 Å². The van der Waals surface area contributed by atoms with Crippen molar-refractivity contribution in [3.63, 3.8) is 0 Å². The lowest BCUT2D eigenvalue weighted by molar-refractivity contribution is 0.414. The van der Waals surface area contributed by atoms with Crippen molar-refractivity contribution in [2.75, 3.05) is 14.2 Å². The molecule has 2 aromatic carbocycles. The lowest BCUT2D eigenvalue weighted by atomic mass is 9.90. The number of nitrogens with one attached hydrogen (secondary N) is 1. The van der Waals surface area contributed by atoms with E-state index in [1.807, 2.05) is 13.1 Å². The zero-order valence-electron chi connectivity index (χ0n) is 13.7. The van der Waals surface area contributed by atoms with E-state index < -0.39 is 0 Å². The SMILES string of the molecule is CNC(Cc1cccc(OC)c1)c1c(C)cc(C)cc1C. The summed E-state index contributed by atoms with van der Waals surface area (Å²) in [6.45, 7) is 6.55. The highest BCUT2D eigenvalue weighted by molar-refractivity contribution is 5.41. The van der Waals surface area contributed by atoms with Crippen LogP contribution in [0.3, 0.4) is 0 Å². The number of aryl methyl sites for hydroxylation is 3. The second-order valence-corrected chi connectivity index (χ2v) is 5.71. The molecule has 0 saturated carbocycles. The lowest BCUT2D eigenvalue weighted by Gasteiger charge is -2.22. The van der Waals surface area contributed by atoms with E-state index in [4.69, 9.17) is 4.74 Å². The smallest absolute Gasteiger partial charge is 0.119 e. The van der Waals surface area contributed by atoms with E-state index in [0.29, 0.717) is 6.04 Å². The monoisotopic (exact) mass is 283 g/mol. The average Bonchev–Trinajstić information content (AvgIpc) is 2.45. The van der Waals surface area contributed by atoms with Gasteiger partial charge in [-0.15, -0.1) is 0 Å². The van der Waals surface area contributed by atoms with Gasteiger partial charge in [0.1, 0.15) is 5.75 Å². The summed E-state index contributed by atoms with van der Waals surface area (Å²) < 4.78 is 5.32. The number of hydrogen-bond acceptors (Lipinski definition) is 2. The molecule has 21 heavy (non-hydrogen) atoms. The lowest BCUT2D eigenvalue weighted by Crippen LogP contribution is -2.21. The number of ether oxygens (including phenoxy) is 1. The van der Waals surface area contributed by atoms with Crippen molar-refractivity contribution in [2.45, 2.75) is 33.2 Å². The highest BCUT2D eigenvalue weighted by Crippen LogP contribution is 2.27. The Labute approximate surface area is 128 Å². The summed E-state index contributed by atoms with van der Waals surface area (Å²) in [5.41, 5.74) is 6.73. The van der Waals surface area contributed by atoms with Crippen LogP contribution < -0.4 is 10.1 Å². The van der Waals surface area contributed by atoms with Gasteiger partial charge in [-0.1, -0.05) is 29.8 Å². The number of likely N-dealkylation sites (N-methyl/N-ethyl adjacent to an activating group) is 1. The standard InChI is InChI=1S/C19H25NO/c1-13-9-14(2)19(15(3)10-13)18(20-4)12-16-7-6-8-17(11-16)21-5/h6-11,18,20H,12H2,1-5H3. The molecule has 1 N–H and O–H groups in total. The Balaban J connectivity index is 2.32. The van der Waals surface area contributed by atoms with Crippen LogP contribution in [0, 0.1) is 20.8 Å². The summed E-state index contributed by atoms with van der Waals surface area (Å²) in [6.07, 6.45) is 0.957. The number of benzene rings is 2. The van der Waals surface area contributed by atoms with E-state index in [1.54, 1.807) is 7.11 Å². The van der Waals surface area contributed by atoms with Gasteiger partial charge in [-0.05, 0) is 68.6 Å². The van der Waals surface area contributed by atoms with Crippen LogP contribution in [0.4, 0.5) is 0 Å². The van der Waals surface area contributed by atoms with Gasteiger partial charge in [0.25, 0.3) is 0 Å². The van der Waals surface area contributed by atoms with E-state index >= 15 is 0 Å². The summed E-state index contributed by atoms with van der Waals surface area (Å²) in [5.74, 6) is 0.916. The van der Waals surface area contributed by atoms with Crippen LogP contribution in [0.5, 0.6) is 5.75 Å². The Morgan fingerprint density at radius 1 is 1.05 bits per heavy atom. The van der Waals surface area contributed by atoms with Crippen molar-refractivity contribution in [3.05, 3.63) is 64.2 Å². The molecular formula is C19H25NO. The van der Waals surface area contributed by atoms with Crippen molar-refractivity contribution >= 4 is 0 Å². The van der Waals surface area contributed by atoms with Crippen molar-refractivity contribution in [1.29, 1.82) is 0 Å². The molecule has 0 fully saturated rings. The van der Waals surface area contributed by atoms with Crippen LogP contribution >= 0.6 is 0 Å². The summed E-state index contributed by atoms with van der Waals surface area (Å²) >= 11 is 0. The van der Waals surface area contributed by atoms with Crippen molar-refractivity contribution < 1.29 is 4.74 Å². The van der Waals surface area contributed by atoms with E-state index in [1.165, 1.54) is 27.8 Å². The molecule has 1 unspecified atom stereocenters. The fourth-order valence-electron chi connectivity index (χ4n) is 3.12. The van der Waals surface area contributed by atoms with Gasteiger partial charge in [0.05, 0.1) is 7.11 Å². The number of hydrogen-bond donors (Lipinski definition) is 1. The molecule has 0 aliphatic heterocycles. The van der Waals surface area contributed by atoms with Crippen LogP contribution in [0.1, 0.15) is 33.9 Å². The molecule has 0 saturated heterocycles. The first-order valence-corrected chi connectivity index (χ1v) is 7.43. The second-order valence-electron chi connectivity index (χ2n) is 5.71. The Morgan fingerprint density at radius 3 is 2.29 bits per heavy atom. The van der Waals surface area contributed by atoms with Crippen molar-refractivity contribution in [3.8, 4) is 5.75 Å². The molecule has 2 rings (SSSR count). The highest BCUT2D eigenvalue weighted by Gasteiger charge is 2.15. The fourth-order valence-corrected chi connectivity index (χ4v) is 3.12. The zero-order valence-corrected chi connectivity index (χ0v) is 13.7. The molecular weight excluding hydrogens is 258 g/mol. The number of rotatable bonds is 5. The van der Waals surface area contributed by atoms with Gasteiger partial charge >= 0.3 is 0 Å². The van der Waals surface area contributed by atoms with Crippen LogP contribution in [0.15, 0.2) is 36.4 Å². The largest absolute Gasteiger partial charge is 0.497 e.